The second kappa shape index (κ2) is 21.9. The van der Waals surface area contributed by atoms with Gasteiger partial charge < -0.3 is 18.9 Å². The first-order chi connectivity index (χ1) is 30.6. The normalized spacial score (nSPS) is 18.7. The van der Waals surface area contributed by atoms with E-state index in [4.69, 9.17) is 28.9 Å². The number of esters is 4. The third-order valence-electron chi connectivity index (χ3n) is 12.7. The smallest absolute Gasteiger partial charge is 0.314 e. The molecule has 330 valence electrons. The van der Waals surface area contributed by atoms with E-state index in [1.165, 1.54) is 25.7 Å². The van der Waals surface area contributed by atoms with Crippen LogP contribution in [0.25, 0.3) is 22.3 Å². The molecule has 0 N–H and O–H groups in total. The second-order valence-corrected chi connectivity index (χ2v) is 17.4. The Labute approximate surface area is 371 Å². The number of rotatable bonds is 17. The molecule has 0 unspecified atom stereocenters. The van der Waals surface area contributed by atoms with Crippen molar-refractivity contribution in [2.45, 2.75) is 124 Å². The molecule has 10 nitrogen and oxygen atoms in total. The highest BCUT2D eigenvalue weighted by atomic mass is 16.5. The Balaban J connectivity index is 0.954. The van der Waals surface area contributed by atoms with Gasteiger partial charge in [-0.3, -0.25) is 19.2 Å². The fourth-order valence-electron chi connectivity index (χ4n) is 9.08. The van der Waals surface area contributed by atoms with E-state index in [1.54, 1.807) is 36.4 Å². The maximum absolute atomic E-state index is 13.3. The zero-order chi connectivity index (χ0) is 44.1. The van der Waals surface area contributed by atoms with Gasteiger partial charge >= 0.3 is 23.9 Å². The summed E-state index contributed by atoms with van der Waals surface area (Å²) in [6, 6.07) is 27.3. The summed E-state index contributed by atoms with van der Waals surface area (Å²) in [4.78, 5) is 62.0. The molecule has 0 atom stereocenters. The Hall–Kier alpha value is -5.90. The van der Waals surface area contributed by atoms with E-state index in [9.17, 15) is 19.2 Å². The average molecular weight is 853 g/mol. The number of fused-ring (bicyclic) bond motifs is 1. The van der Waals surface area contributed by atoms with Crippen LogP contribution in [-0.2, 0) is 32.0 Å². The quantitative estimate of drug-likeness (QED) is 0.0658. The maximum Gasteiger partial charge on any atom is 0.314 e. The Morgan fingerprint density at radius 3 is 1.38 bits per heavy atom. The van der Waals surface area contributed by atoms with Crippen molar-refractivity contribution in [1.29, 1.82) is 0 Å². The lowest BCUT2D eigenvalue weighted by Crippen LogP contribution is -2.25. The van der Waals surface area contributed by atoms with Crippen LogP contribution in [0.1, 0.15) is 121 Å². The fourth-order valence-corrected chi connectivity index (χ4v) is 9.08. The molecule has 0 radical (unpaired) electrons. The minimum atomic E-state index is -0.464. The third-order valence-corrected chi connectivity index (χ3v) is 12.7. The topological polar surface area (TPSA) is 131 Å². The van der Waals surface area contributed by atoms with Gasteiger partial charge in [-0.15, -0.1) is 0 Å². The number of aryl methyl sites for hydroxylation is 3. The Bertz CT molecular complexity index is 2330. The predicted octanol–water partition coefficient (Wildman–Crippen LogP) is 11.7. The monoisotopic (exact) mass is 852 g/mol. The summed E-state index contributed by atoms with van der Waals surface area (Å²) in [6.45, 7) is 6.25. The molecule has 7 rings (SSSR count). The molecule has 4 aromatic carbocycles. The summed E-state index contributed by atoms with van der Waals surface area (Å²) < 4.78 is 23.2. The van der Waals surface area contributed by atoms with E-state index in [-0.39, 0.29) is 48.1 Å². The van der Waals surface area contributed by atoms with Crippen molar-refractivity contribution in [3.63, 3.8) is 0 Å². The molecule has 5 aromatic rings. The maximum atomic E-state index is 13.3. The van der Waals surface area contributed by atoms with Gasteiger partial charge in [-0.2, -0.15) is 0 Å². The molecule has 1 aromatic heterocycles. The summed E-state index contributed by atoms with van der Waals surface area (Å²) in [5, 5.41) is 0. The summed E-state index contributed by atoms with van der Waals surface area (Å²) in [5.41, 5.74) is 4.46. The van der Waals surface area contributed by atoms with Crippen LogP contribution in [0.2, 0.25) is 0 Å². The highest BCUT2D eigenvalue weighted by Crippen LogP contribution is 2.36. The number of nitrogens with zero attached hydrogens (tertiary/aromatic N) is 2. The molecule has 2 fully saturated rings. The lowest BCUT2D eigenvalue weighted by molar-refractivity contribution is -0.141. The van der Waals surface area contributed by atoms with Gasteiger partial charge in [-0.25, -0.2) is 9.97 Å². The van der Waals surface area contributed by atoms with Crippen LogP contribution in [0.3, 0.4) is 0 Å². The zero-order valence-corrected chi connectivity index (χ0v) is 36.9. The highest BCUT2D eigenvalue weighted by Gasteiger charge is 2.29. The predicted molar refractivity (Wildman–Crippen MR) is 242 cm³/mol. The molecular formula is C53H60N2O8. The van der Waals surface area contributed by atoms with E-state index in [0.29, 0.717) is 46.8 Å². The van der Waals surface area contributed by atoms with Crippen LogP contribution >= 0.6 is 0 Å². The van der Waals surface area contributed by atoms with Gasteiger partial charge in [-0.05, 0) is 130 Å². The van der Waals surface area contributed by atoms with E-state index in [0.717, 1.165) is 79.9 Å². The lowest BCUT2D eigenvalue weighted by Gasteiger charge is -2.26. The molecule has 0 spiro atoms. The molecule has 0 bridgehead atoms. The van der Waals surface area contributed by atoms with Crippen LogP contribution in [0.15, 0.2) is 91.0 Å². The van der Waals surface area contributed by atoms with E-state index < -0.39 is 11.9 Å². The summed E-state index contributed by atoms with van der Waals surface area (Å²) in [7, 11) is 0. The minimum Gasteiger partial charge on any atom is -0.426 e. The summed E-state index contributed by atoms with van der Waals surface area (Å²) >= 11 is 0. The SMILES string of the molecule is CCCC1CCC(C(=O)Oc2ccc(CCC(=O)Oc3ccc(OC(=O)CCc4ccc(OC(=O)C5CCC(CCC)CC5)cc4)c4nc(-c5ccccc5)c(C)nc34)cc2)CC1. The fraction of sp³-hybridized carbons (Fsp3) is 0.434. The summed E-state index contributed by atoms with van der Waals surface area (Å²) in [6.07, 6.45) is 13.7. The highest BCUT2D eigenvalue weighted by molar-refractivity contribution is 5.92. The van der Waals surface area contributed by atoms with Crippen molar-refractivity contribution in [3.05, 3.63) is 108 Å². The standard InChI is InChI=1S/C53H60N2O8/c1-4-9-36-13-23-41(24-14-36)52(58)60-43-27-17-38(18-28-43)21-33-47(56)62-45-31-32-46(51-50(45)54-35(3)49(55-51)40-11-7-6-8-12-40)63-48(57)34-22-39-19-29-44(30-20-39)61-53(59)42-25-15-37(10-5-2)16-26-42/h6-8,11-12,17-20,27-32,36-37,41-42H,4-5,9-10,13-16,21-26,33-34H2,1-3H3. The largest absolute Gasteiger partial charge is 0.426 e. The second-order valence-electron chi connectivity index (χ2n) is 17.4. The van der Waals surface area contributed by atoms with Crippen LogP contribution in [0.4, 0.5) is 0 Å². The Morgan fingerprint density at radius 2 is 0.952 bits per heavy atom. The van der Waals surface area contributed by atoms with E-state index in [1.807, 2.05) is 61.5 Å². The van der Waals surface area contributed by atoms with E-state index >= 15 is 0 Å². The van der Waals surface area contributed by atoms with Gasteiger partial charge in [0.2, 0.25) is 0 Å². The Morgan fingerprint density at radius 1 is 0.524 bits per heavy atom. The summed E-state index contributed by atoms with van der Waals surface area (Å²) in [5.74, 6) is 1.49. The molecule has 10 heteroatoms. The molecule has 2 saturated carbocycles. The third kappa shape index (κ3) is 12.4. The van der Waals surface area contributed by atoms with Crippen molar-refractivity contribution >= 4 is 34.9 Å². The Kier molecular flexibility index (Phi) is 15.7. The molecule has 1 heterocycles. The van der Waals surface area contributed by atoms with Crippen molar-refractivity contribution < 1.29 is 38.1 Å². The first kappa shape index (κ1) is 45.1. The molecule has 2 aliphatic carbocycles. The number of hydrogen-bond acceptors (Lipinski definition) is 10. The van der Waals surface area contributed by atoms with Crippen LogP contribution in [0, 0.1) is 30.6 Å². The average Bonchev–Trinajstić information content (AvgIpc) is 3.30. The van der Waals surface area contributed by atoms with Gasteiger partial charge in [0.25, 0.3) is 0 Å². The van der Waals surface area contributed by atoms with Crippen LogP contribution in [0.5, 0.6) is 23.0 Å². The molecule has 0 aliphatic heterocycles. The molecule has 2 aliphatic rings. The zero-order valence-electron chi connectivity index (χ0n) is 36.9. The number of ether oxygens (including phenoxy) is 4. The van der Waals surface area contributed by atoms with Crippen molar-refractivity contribution in [1.82, 2.24) is 9.97 Å². The van der Waals surface area contributed by atoms with Gasteiger partial charge in [0.15, 0.2) is 11.5 Å². The van der Waals surface area contributed by atoms with Crippen molar-refractivity contribution in [2.75, 3.05) is 0 Å². The minimum absolute atomic E-state index is 0.0530. The molecule has 0 amide bonds. The molecule has 0 saturated heterocycles. The van der Waals surface area contributed by atoms with Crippen LogP contribution in [-0.4, -0.2) is 33.8 Å². The van der Waals surface area contributed by atoms with E-state index in [2.05, 4.69) is 13.8 Å². The first-order valence-electron chi connectivity index (χ1n) is 23.0. The molecular weight excluding hydrogens is 793 g/mol. The van der Waals surface area contributed by atoms with Crippen molar-refractivity contribution in [3.8, 4) is 34.3 Å². The number of benzene rings is 4. The van der Waals surface area contributed by atoms with Crippen molar-refractivity contribution in [2.24, 2.45) is 23.7 Å². The first-order valence-corrected chi connectivity index (χ1v) is 23.0. The number of carbonyl (C=O) groups is 4. The van der Waals surface area contributed by atoms with Gasteiger partial charge in [0.05, 0.1) is 23.2 Å². The number of hydrogen-bond donors (Lipinski definition) is 0. The molecule has 63 heavy (non-hydrogen) atoms. The number of aromatic nitrogens is 2. The van der Waals surface area contributed by atoms with Gasteiger partial charge in [-0.1, -0.05) is 94.1 Å². The number of carbonyl (C=O) groups excluding carboxylic acids is 4. The van der Waals surface area contributed by atoms with Crippen LogP contribution < -0.4 is 18.9 Å². The van der Waals surface area contributed by atoms with Gasteiger partial charge in [0, 0.05) is 18.4 Å². The lowest BCUT2D eigenvalue weighted by atomic mass is 9.80. The van der Waals surface area contributed by atoms with Gasteiger partial charge in [0.1, 0.15) is 22.5 Å².